The Kier molecular flexibility index (Phi) is 8.67. The van der Waals surface area contributed by atoms with Gasteiger partial charge >= 0.3 is 12.1 Å². The number of fused-ring (bicyclic) bond motifs is 3. The van der Waals surface area contributed by atoms with Gasteiger partial charge in [0.1, 0.15) is 18.4 Å². The number of rotatable bonds is 9. The second-order valence-corrected chi connectivity index (χ2v) is 12.3. The van der Waals surface area contributed by atoms with Gasteiger partial charge in [0.05, 0.1) is 11.6 Å². The van der Waals surface area contributed by atoms with Crippen LogP contribution in [0.4, 0.5) is 23.7 Å². The van der Waals surface area contributed by atoms with Crippen molar-refractivity contribution in [2.45, 2.75) is 55.8 Å². The average molecular weight is 641 g/mol. The molecule has 3 atom stereocenters. The van der Waals surface area contributed by atoms with Crippen LogP contribution in [0.5, 0.6) is 0 Å². The standard InChI is InChI=1S/C33H35F3N4O6/c34-16-25(38-32(44)45)20-6-8-21(9-7-20)30(42)39-13-12-24(19-4-2-1-3-5-19)28(39)29(41)37-23-10-11-26-22(14-23)15-27-31(43)46-33(17-35,18-36)40(26)27/h1-5,10-11,14-15,20-21,24-25,28,38H,6-9,12-13,16-18H2,(H,37,41)(H,44,45)/t20?,21?,24-,25+,28-/m0/s1. The Morgan fingerprint density at radius 3 is 2.35 bits per heavy atom. The van der Waals surface area contributed by atoms with Gasteiger partial charge in [0.15, 0.2) is 13.3 Å². The third-order valence-corrected chi connectivity index (χ3v) is 9.73. The Bertz CT molecular complexity index is 1640. The van der Waals surface area contributed by atoms with Crippen LogP contribution in [0.2, 0.25) is 0 Å². The van der Waals surface area contributed by atoms with E-state index < -0.39 is 55.8 Å². The summed E-state index contributed by atoms with van der Waals surface area (Å²) in [6, 6.07) is 14.0. The van der Waals surface area contributed by atoms with Gasteiger partial charge in [-0.05, 0) is 67.9 Å². The van der Waals surface area contributed by atoms with Crippen LogP contribution in [0.1, 0.15) is 54.1 Å². The lowest BCUT2D eigenvalue weighted by Gasteiger charge is -2.35. The van der Waals surface area contributed by atoms with Gasteiger partial charge < -0.3 is 25.4 Å². The van der Waals surface area contributed by atoms with Gasteiger partial charge in [0.2, 0.25) is 17.5 Å². The predicted octanol–water partition coefficient (Wildman–Crippen LogP) is 5.14. The van der Waals surface area contributed by atoms with Crippen molar-refractivity contribution in [1.29, 1.82) is 0 Å². The number of nitrogens with zero attached hydrogens (tertiary/aromatic N) is 2. The largest absolute Gasteiger partial charge is 0.465 e. The topological polar surface area (TPSA) is 130 Å². The van der Waals surface area contributed by atoms with Crippen molar-refractivity contribution >= 4 is 40.5 Å². The number of cyclic esters (lactones) is 1. The van der Waals surface area contributed by atoms with Gasteiger partial charge in [0, 0.05) is 29.5 Å². The molecule has 0 bridgehead atoms. The minimum Gasteiger partial charge on any atom is -0.465 e. The number of alkyl halides is 3. The summed E-state index contributed by atoms with van der Waals surface area (Å²) in [5.41, 5.74) is -0.379. The van der Waals surface area contributed by atoms with E-state index in [4.69, 9.17) is 9.84 Å². The highest BCUT2D eigenvalue weighted by Gasteiger charge is 2.48. The fourth-order valence-electron chi connectivity index (χ4n) is 7.44. The monoisotopic (exact) mass is 640 g/mol. The number of nitrogens with one attached hydrogen (secondary N) is 2. The highest BCUT2D eigenvalue weighted by atomic mass is 19.1. The SMILES string of the molecule is O=C(O)N[C@H](CF)C1CCC(C(=O)N2CC[C@@H](c3ccccc3)[C@H]2C(=O)Nc2ccc3c(c2)cc2n3C(CF)(CF)OC2=O)CC1. The Morgan fingerprint density at radius 2 is 1.70 bits per heavy atom. The molecule has 2 aromatic carbocycles. The first-order chi connectivity index (χ1) is 22.2. The zero-order valence-electron chi connectivity index (χ0n) is 25.0. The molecule has 3 aliphatic rings. The molecule has 10 nitrogen and oxygen atoms in total. The Morgan fingerprint density at radius 1 is 0.978 bits per heavy atom. The van der Waals surface area contributed by atoms with Crippen molar-refractivity contribution in [3.63, 3.8) is 0 Å². The summed E-state index contributed by atoms with van der Waals surface area (Å²) in [6.07, 6.45) is 1.17. The quantitative estimate of drug-likeness (QED) is 0.278. The summed E-state index contributed by atoms with van der Waals surface area (Å²) >= 11 is 0. The molecule has 3 aromatic rings. The molecule has 1 aromatic heterocycles. The van der Waals surface area contributed by atoms with Crippen LogP contribution in [-0.2, 0) is 20.1 Å². The number of esters is 1. The maximum Gasteiger partial charge on any atom is 0.404 e. The molecule has 0 radical (unpaired) electrons. The van der Waals surface area contributed by atoms with Crippen LogP contribution in [0.25, 0.3) is 10.9 Å². The summed E-state index contributed by atoms with van der Waals surface area (Å²) in [4.78, 5) is 53.0. The summed E-state index contributed by atoms with van der Waals surface area (Å²) in [7, 11) is 0. The number of hydrogen-bond donors (Lipinski definition) is 3. The Hall–Kier alpha value is -4.55. The van der Waals surface area contributed by atoms with E-state index in [1.807, 2.05) is 30.3 Å². The van der Waals surface area contributed by atoms with E-state index >= 15 is 0 Å². The molecule has 0 spiro atoms. The number of benzene rings is 2. The molecule has 1 saturated carbocycles. The summed E-state index contributed by atoms with van der Waals surface area (Å²) in [6.45, 7) is -2.94. The number of carbonyl (C=O) groups excluding carboxylic acids is 3. The first-order valence-corrected chi connectivity index (χ1v) is 15.4. The van der Waals surface area contributed by atoms with E-state index in [1.54, 1.807) is 23.1 Å². The second kappa shape index (κ2) is 12.7. The van der Waals surface area contributed by atoms with Crippen molar-refractivity contribution in [3.8, 4) is 0 Å². The first-order valence-electron chi connectivity index (χ1n) is 15.4. The van der Waals surface area contributed by atoms with Gasteiger partial charge in [-0.15, -0.1) is 0 Å². The van der Waals surface area contributed by atoms with Crippen molar-refractivity contribution in [2.24, 2.45) is 11.8 Å². The molecule has 13 heteroatoms. The number of carboxylic acid groups (broad SMARTS) is 1. The highest BCUT2D eigenvalue weighted by Crippen LogP contribution is 2.40. The molecule has 0 unspecified atom stereocenters. The van der Waals surface area contributed by atoms with E-state index in [-0.39, 0.29) is 29.4 Å². The number of aromatic nitrogens is 1. The van der Waals surface area contributed by atoms with Crippen LogP contribution >= 0.6 is 0 Å². The lowest BCUT2D eigenvalue weighted by molar-refractivity contribution is -0.141. The fourth-order valence-corrected chi connectivity index (χ4v) is 7.44. The number of likely N-dealkylation sites (tertiary alicyclic amines) is 1. The smallest absolute Gasteiger partial charge is 0.404 e. The second-order valence-electron chi connectivity index (χ2n) is 12.3. The fraction of sp³-hybridized carbons (Fsp3) is 0.455. The molecule has 3 N–H and O–H groups in total. The maximum absolute atomic E-state index is 14.0. The molecular weight excluding hydrogens is 605 g/mol. The van der Waals surface area contributed by atoms with E-state index in [2.05, 4.69) is 10.6 Å². The number of carbonyl (C=O) groups is 4. The van der Waals surface area contributed by atoms with Crippen molar-refractivity contribution < 1.29 is 42.2 Å². The lowest BCUT2D eigenvalue weighted by Crippen LogP contribution is -2.49. The van der Waals surface area contributed by atoms with E-state index in [9.17, 15) is 32.3 Å². The summed E-state index contributed by atoms with van der Waals surface area (Å²) in [5, 5.41) is 14.7. The summed E-state index contributed by atoms with van der Waals surface area (Å²) < 4.78 is 47.6. The number of ether oxygens (including phenoxy) is 1. The summed E-state index contributed by atoms with van der Waals surface area (Å²) in [5.74, 6) is -2.26. The van der Waals surface area contributed by atoms with Gasteiger partial charge in [-0.3, -0.25) is 14.2 Å². The highest BCUT2D eigenvalue weighted by molar-refractivity contribution is 6.02. The van der Waals surface area contributed by atoms with Crippen molar-refractivity contribution in [1.82, 2.24) is 14.8 Å². The Labute approximate surface area is 262 Å². The average Bonchev–Trinajstić information content (AvgIpc) is 3.76. The molecule has 46 heavy (non-hydrogen) atoms. The van der Waals surface area contributed by atoms with Gasteiger partial charge in [-0.25, -0.2) is 22.8 Å². The van der Waals surface area contributed by atoms with E-state index in [0.717, 1.165) is 5.56 Å². The third-order valence-electron chi connectivity index (χ3n) is 9.73. The van der Waals surface area contributed by atoms with Crippen molar-refractivity contribution in [2.75, 3.05) is 31.9 Å². The van der Waals surface area contributed by atoms with Crippen LogP contribution < -0.4 is 10.6 Å². The van der Waals surface area contributed by atoms with Crippen LogP contribution in [-0.4, -0.2) is 77.1 Å². The molecule has 1 aliphatic carbocycles. The predicted molar refractivity (Wildman–Crippen MR) is 162 cm³/mol. The molecule has 3 heterocycles. The molecule has 6 rings (SSSR count). The molecule has 2 fully saturated rings. The van der Waals surface area contributed by atoms with Crippen LogP contribution in [0.15, 0.2) is 54.6 Å². The zero-order chi connectivity index (χ0) is 32.6. The minimum atomic E-state index is -2.06. The first kappa shape index (κ1) is 31.4. The van der Waals surface area contributed by atoms with E-state index in [1.165, 1.54) is 10.6 Å². The molecular formula is C33H35F3N4O6. The molecule has 1 saturated heterocycles. The lowest BCUT2D eigenvalue weighted by atomic mass is 9.78. The zero-order valence-corrected chi connectivity index (χ0v) is 25.0. The number of anilines is 1. The molecule has 2 aliphatic heterocycles. The van der Waals surface area contributed by atoms with E-state index in [0.29, 0.717) is 55.2 Å². The van der Waals surface area contributed by atoms with Gasteiger partial charge in [0.25, 0.3) is 0 Å². The third kappa shape index (κ3) is 5.56. The van der Waals surface area contributed by atoms with Crippen molar-refractivity contribution in [3.05, 3.63) is 65.9 Å². The van der Waals surface area contributed by atoms with Gasteiger partial charge in [-0.2, -0.15) is 0 Å². The van der Waals surface area contributed by atoms with Crippen LogP contribution in [0, 0.1) is 11.8 Å². The number of halogens is 3. The van der Waals surface area contributed by atoms with Gasteiger partial charge in [-0.1, -0.05) is 30.3 Å². The maximum atomic E-state index is 14.0. The number of hydrogen-bond acceptors (Lipinski definition) is 5. The Balaban J connectivity index is 1.23. The number of amides is 3. The molecule has 3 amide bonds. The van der Waals surface area contributed by atoms with Crippen LogP contribution in [0.3, 0.4) is 0 Å². The minimum absolute atomic E-state index is 0.0109. The normalized spacial score (nSPS) is 24.3. The molecule has 244 valence electrons.